The number of rotatable bonds is 6. The van der Waals surface area contributed by atoms with Gasteiger partial charge in [0.15, 0.2) is 0 Å². The number of ketones is 1. The Morgan fingerprint density at radius 3 is 2.59 bits per heavy atom. The highest BCUT2D eigenvalue weighted by atomic mass is 32.2. The summed E-state index contributed by atoms with van der Waals surface area (Å²) in [5.41, 5.74) is 0.662. The Kier molecular flexibility index (Phi) is 4.86. The van der Waals surface area contributed by atoms with Crippen LogP contribution in [0.5, 0.6) is 0 Å². The van der Waals surface area contributed by atoms with Crippen molar-refractivity contribution in [3.63, 3.8) is 0 Å². The molecule has 0 saturated carbocycles. The number of aliphatic hydroxyl groups excluding tert-OH is 1. The molecule has 0 unspecified atom stereocenters. The number of aryl methyl sites for hydroxylation is 1. The van der Waals surface area contributed by atoms with E-state index in [1.54, 1.807) is 6.92 Å². The number of carbonyl (C=O) groups is 1. The lowest BCUT2D eigenvalue weighted by Gasteiger charge is -2.05. The molecule has 140 valence electrons. The largest absolute Gasteiger partial charge is 0.507 e. The second kappa shape index (κ2) is 7.11. The molecule has 0 aliphatic rings. The summed E-state index contributed by atoms with van der Waals surface area (Å²) in [4.78, 5) is 11.9. The molecular formula is C16H14FN5O4S. The number of nitrogens with zero attached hydrogens (tertiary/aromatic N) is 4. The Morgan fingerprint density at radius 2 is 2.00 bits per heavy atom. The molecule has 1 aromatic carbocycles. The molecule has 0 bridgehead atoms. The highest BCUT2D eigenvalue weighted by Gasteiger charge is 2.21. The minimum absolute atomic E-state index is 0.112. The van der Waals surface area contributed by atoms with E-state index in [-0.39, 0.29) is 16.3 Å². The molecule has 0 saturated heterocycles. The third-order valence-corrected chi connectivity index (χ3v) is 5.40. The summed E-state index contributed by atoms with van der Waals surface area (Å²) in [5, 5.41) is 22.7. The first kappa shape index (κ1) is 18.5. The smallest absolute Gasteiger partial charge is 0.267 e. The number of H-pyrrole nitrogens is 1. The zero-order valence-corrected chi connectivity index (χ0v) is 14.8. The number of aliphatic hydroxyl groups is 1. The molecule has 2 N–H and O–H groups in total. The summed E-state index contributed by atoms with van der Waals surface area (Å²) in [7, 11) is -3.99. The van der Waals surface area contributed by atoms with Crippen LogP contribution in [0, 0.1) is 5.82 Å². The Balaban J connectivity index is 2.00. The van der Waals surface area contributed by atoms with Crippen LogP contribution >= 0.6 is 0 Å². The van der Waals surface area contributed by atoms with E-state index in [9.17, 15) is 22.7 Å². The molecule has 0 radical (unpaired) electrons. The quantitative estimate of drug-likeness (QED) is 0.372. The van der Waals surface area contributed by atoms with E-state index in [1.165, 1.54) is 12.4 Å². The molecule has 3 rings (SSSR count). The summed E-state index contributed by atoms with van der Waals surface area (Å²) in [6.07, 6.45) is 3.80. The standard InChI is InChI=1S/C16H14FN5O4S/c1-2-10-8-22(27(25,26)12-5-3-11(17)4-6-12)9-13(10)14(23)7-15(24)16-18-20-21-19-16/h3-9,23H,2H2,1H3,(H,18,19,20,21). The minimum atomic E-state index is -3.99. The van der Waals surface area contributed by atoms with Crippen molar-refractivity contribution in [3.05, 3.63) is 65.5 Å². The van der Waals surface area contributed by atoms with Gasteiger partial charge in [-0.2, -0.15) is 5.21 Å². The molecule has 0 amide bonds. The molecule has 3 aromatic rings. The summed E-state index contributed by atoms with van der Waals surface area (Å²) >= 11 is 0. The van der Waals surface area contributed by atoms with Gasteiger partial charge in [0.2, 0.25) is 11.6 Å². The molecule has 0 aliphatic heterocycles. The van der Waals surface area contributed by atoms with E-state index in [2.05, 4.69) is 20.6 Å². The first-order valence-corrected chi connectivity index (χ1v) is 9.17. The maximum atomic E-state index is 13.1. The summed E-state index contributed by atoms with van der Waals surface area (Å²) in [6, 6.07) is 4.37. The van der Waals surface area contributed by atoms with Crippen molar-refractivity contribution in [1.82, 2.24) is 24.6 Å². The van der Waals surface area contributed by atoms with Gasteiger partial charge in [-0.1, -0.05) is 6.92 Å². The number of allylic oxidation sites excluding steroid dienone is 1. The van der Waals surface area contributed by atoms with Crippen LogP contribution in [0.25, 0.3) is 5.76 Å². The third-order valence-electron chi connectivity index (χ3n) is 3.76. The van der Waals surface area contributed by atoms with Gasteiger partial charge in [0, 0.05) is 24.0 Å². The zero-order valence-electron chi connectivity index (χ0n) is 14.0. The van der Waals surface area contributed by atoms with E-state index >= 15 is 0 Å². The van der Waals surface area contributed by atoms with Crippen molar-refractivity contribution in [1.29, 1.82) is 0 Å². The lowest BCUT2D eigenvalue weighted by Crippen LogP contribution is -2.11. The maximum Gasteiger partial charge on any atom is 0.267 e. The average Bonchev–Trinajstić information content (AvgIpc) is 3.32. The lowest BCUT2D eigenvalue weighted by atomic mass is 10.1. The number of aromatic amines is 1. The van der Waals surface area contributed by atoms with Crippen LogP contribution in [0.15, 0.2) is 47.6 Å². The highest BCUT2D eigenvalue weighted by molar-refractivity contribution is 7.90. The zero-order chi connectivity index (χ0) is 19.6. The number of hydrogen-bond donors (Lipinski definition) is 2. The van der Waals surface area contributed by atoms with Crippen molar-refractivity contribution in [2.75, 3.05) is 0 Å². The number of carbonyl (C=O) groups excluding carboxylic acids is 1. The second-order valence-corrected chi connectivity index (χ2v) is 7.31. The summed E-state index contributed by atoms with van der Waals surface area (Å²) < 4.78 is 39.4. The van der Waals surface area contributed by atoms with Crippen molar-refractivity contribution >= 4 is 21.6 Å². The number of tetrazole rings is 1. The van der Waals surface area contributed by atoms with Crippen LogP contribution in [0.4, 0.5) is 4.39 Å². The molecule has 11 heteroatoms. The summed E-state index contributed by atoms with van der Waals surface area (Å²) in [6.45, 7) is 1.77. The summed E-state index contributed by atoms with van der Waals surface area (Å²) in [5.74, 6) is -1.93. The molecule has 0 fully saturated rings. The van der Waals surface area contributed by atoms with Crippen LogP contribution < -0.4 is 0 Å². The van der Waals surface area contributed by atoms with E-state index in [0.29, 0.717) is 12.0 Å². The van der Waals surface area contributed by atoms with Crippen LogP contribution in [0.2, 0.25) is 0 Å². The predicted octanol–water partition coefficient (Wildman–Crippen LogP) is 1.72. The van der Waals surface area contributed by atoms with E-state index in [1.807, 2.05) is 0 Å². The first-order valence-electron chi connectivity index (χ1n) is 7.73. The van der Waals surface area contributed by atoms with Gasteiger partial charge in [-0.15, -0.1) is 10.2 Å². The van der Waals surface area contributed by atoms with Gasteiger partial charge < -0.3 is 5.11 Å². The molecule has 9 nitrogen and oxygen atoms in total. The minimum Gasteiger partial charge on any atom is -0.507 e. The second-order valence-electron chi connectivity index (χ2n) is 5.47. The highest BCUT2D eigenvalue weighted by Crippen LogP contribution is 2.23. The van der Waals surface area contributed by atoms with E-state index in [4.69, 9.17) is 0 Å². The topological polar surface area (TPSA) is 131 Å². The van der Waals surface area contributed by atoms with Gasteiger partial charge >= 0.3 is 0 Å². The molecule has 2 aromatic heterocycles. The number of halogens is 1. The van der Waals surface area contributed by atoms with Gasteiger partial charge in [0.05, 0.1) is 4.90 Å². The third kappa shape index (κ3) is 3.62. The normalized spacial score (nSPS) is 12.3. The van der Waals surface area contributed by atoms with Crippen molar-refractivity contribution in [2.24, 2.45) is 0 Å². The Hall–Kier alpha value is -3.34. The van der Waals surface area contributed by atoms with Crippen LogP contribution in [0.3, 0.4) is 0 Å². The molecule has 0 atom stereocenters. The Morgan fingerprint density at radius 1 is 1.30 bits per heavy atom. The van der Waals surface area contributed by atoms with E-state index < -0.39 is 27.4 Å². The van der Waals surface area contributed by atoms with Gasteiger partial charge in [0.25, 0.3) is 10.0 Å². The lowest BCUT2D eigenvalue weighted by molar-refractivity contribution is 0.103. The Labute approximate surface area is 153 Å². The number of hydrogen-bond acceptors (Lipinski definition) is 7. The predicted molar refractivity (Wildman–Crippen MR) is 91.9 cm³/mol. The van der Waals surface area contributed by atoms with Gasteiger partial charge in [-0.05, 0) is 41.5 Å². The fourth-order valence-electron chi connectivity index (χ4n) is 2.38. The van der Waals surface area contributed by atoms with Crippen molar-refractivity contribution in [3.8, 4) is 0 Å². The van der Waals surface area contributed by atoms with Gasteiger partial charge in [-0.25, -0.2) is 16.8 Å². The van der Waals surface area contributed by atoms with Crippen LogP contribution in [-0.4, -0.2) is 43.9 Å². The molecular weight excluding hydrogens is 377 g/mol. The van der Waals surface area contributed by atoms with Gasteiger partial charge in [-0.3, -0.25) is 4.79 Å². The van der Waals surface area contributed by atoms with Gasteiger partial charge in [0.1, 0.15) is 11.6 Å². The average molecular weight is 391 g/mol. The monoisotopic (exact) mass is 391 g/mol. The number of aromatic nitrogens is 5. The Bertz CT molecular complexity index is 1100. The van der Waals surface area contributed by atoms with Crippen LogP contribution in [0.1, 0.15) is 28.7 Å². The van der Waals surface area contributed by atoms with Crippen molar-refractivity contribution in [2.45, 2.75) is 18.2 Å². The molecule has 2 heterocycles. The number of nitrogens with one attached hydrogen (secondary N) is 1. The first-order chi connectivity index (χ1) is 12.8. The van der Waals surface area contributed by atoms with Crippen LogP contribution in [-0.2, 0) is 16.4 Å². The van der Waals surface area contributed by atoms with E-state index in [0.717, 1.165) is 34.3 Å². The SMILES string of the molecule is CCc1cn(S(=O)(=O)c2ccc(F)cc2)cc1C(O)=CC(=O)c1nn[nH]n1. The van der Waals surface area contributed by atoms with Crippen molar-refractivity contribution < 1.29 is 22.7 Å². The molecule has 27 heavy (non-hydrogen) atoms. The number of benzene rings is 1. The fraction of sp³-hybridized carbons (Fsp3) is 0.125. The maximum absolute atomic E-state index is 13.1. The fourth-order valence-corrected chi connectivity index (χ4v) is 3.62. The molecule has 0 spiro atoms. The molecule has 0 aliphatic carbocycles.